The molecular weight excluding hydrogens is 372 g/mol. The second kappa shape index (κ2) is 5.80. The highest BCUT2D eigenvalue weighted by Crippen LogP contribution is 2.27. The van der Waals surface area contributed by atoms with Crippen LogP contribution in [-0.4, -0.2) is 8.42 Å². The number of sulfonamides is 1. The van der Waals surface area contributed by atoms with Crippen LogP contribution < -0.4 is 10.5 Å². The van der Waals surface area contributed by atoms with Crippen molar-refractivity contribution in [3.63, 3.8) is 0 Å². The maximum absolute atomic E-state index is 12.2. The number of nitrogens with one attached hydrogen (secondary N) is 1. The summed E-state index contributed by atoms with van der Waals surface area (Å²) in [5, 5.41) is 0.111. The van der Waals surface area contributed by atoms with Crippen LogP contribution in [-0.2, 0) is 16.6 Å². The highest BCUT2D eigenvalue weighted by atomic mass is 79.9. The van der Waals surface area contributed by atoms with Crippen LogP contribution in [0.4, 0.5) is 5.69 Å². The minimum atomic E-state index is -3.73. The van der Waals surface area contributed by atoms with Crippen LogP contribution in [0.1, 0.15) is 4.88 Å². The van der Waals surface area contributed by atoms with Crippen molar-refractivity contribution in [1.29, 1.82) is 0 Å². The van der Waals surface area contributed by atoms with Gasteiger partial charge in [-0.25, -0.2) is 13.1 Å². The van der Waals surface area contributed by atoms with E-state index in [1.165, 1.54) is 23.5 Å². The van der Waals surface area contributed by atoms with Crippen molar-refractivity contribution >= 4 is 54.6 Å². The van der Waals surface area contributed by atoms with Crippen molar-refractivity contribution in [3.05, 3.63) is 44.0 Å². The van der Waals surface area contributed by atoms with E-state index >= 15 is 0 Å². The summed E-state index contributed by atoms with van der Waals surface area (Å²) in [5.74, 6) is 0. The van der Waals surface area contributed by atoms with Crippen LogP contribution in [0.5, 0.6) is 0 Å². The van der Waals surface area contributed by atoms with Gasteiger partial charge in [0.2, 0.25) is 10.0 Å². The minimum absolute atomic E-state index is 0.0766. The number of nitrogens with two attached hydrogens (primary N) is 1. The first-order valence-corrected chi connectivity index (χ1v) is 8.65. The summed E-state index contributed by atoms with van der Waals surface area (Å²) >= 11 is 10.7. The van der Waals surface area contributed by atoms with E-state index in [9.17, 15) is 8.42 Å². The lowest BCUT2D eigenvalue weighted by molar-refractivity contribution is 0.582. The lowest BCUT2D eigenvalue weighted by Gasteiger charge is -2.09. The molecule has 1 heterocycles. The molecule has 102 valence electrons. The minimum Gasteiger partial charge on any atom is -0.398 e. The maximum atomic E-state index is 12.2. The molecule has 1 aromatic heterocycles. The summed E-state index contributed by atoms with van der Waals surface area (Å²) in [5.41, 5.74) is 5.80. The van der Waals surface area contributed by atoms with E-state index in [1.807, 2.05) is 12.1 Å². The Kier molecular flexibility index (Phi) is 4.52. The smallest absolute Gasteiger partial charge is 0.244 e. The first-order chi connectivity index (χ1) is 8.90. The van der Waals surface area contributed by atoms with E-state index in [-0.39, 0.29) is 22.2 Å². The molecule has 0 bridgehead atoms. The van der Waals surface area contributed by atoms with Crippen molar-refractivity contribution in [1.82, 2.24) is 4.72 Å². The van der Waals surface area contributed by atoms with Gasteiger partial charge in [0.05, 0.1) is 14.5 Å². The maximum Gasteiger partial charge on any atom is 0.244 e. The number of benzene rings is 1. The lowest BCUT2D eigenvalue weighted by Crippen LogP contribution is -2.24. The zero-order chi connectivity index (χ0) is 14.0. The van der Waals surface area contributed by atoms with Crippen LogP contribution in [0, 0.1) is 0 Å². The molecule has 0 fully saturated rings. The molecule has 0 spiro atoms. The lowest BCUT2D eigenvalue weighted by atomic mass is 10.3. The molecule has 1 aromatic carbocycles. The molecule has 4 nitrogen and oxygen atoms in total. The zero-order valence-electron chi connectivity index (χ0n) is 9.56. The normalized spacial score (nSPS) is 11.7. The van der Waals surface area contributed by atoms with Gasteiger partial charge in [-0.05, 0) is 40.2 Å². The Morgan fingerprint density at radius 3 is 2.63 bits per heavy atom. The number of anilines is 1. The SMILES string of the molecule is Nc1cccc(Cl)c1S(=O)(=O)NCc1ccc(Br)s1. The van der Waals surface area contributed by atoms with Crippen molar-refractivity contribution in [3.8, 4) is 0 Å². The van der Waals surface area contributed by atoms with Crippen molar-refractivity contribution in [2.45, 2.75) is 11.4 Å². The molecule has 0 unspecified atom stereocenters. The van der Waals surface area contributed by atoms with Crippen molar-refractivity contribution in [2.24, 2.45) is 0 Å². The van der Waals surface area contributed by atoms with Gasteiger partial charge in [-0.15, -0.1) is 11.3 Å². The van der Waals surface area contributed by atoms with E-state index < -0.39 is 10.0 Å². The third-order valence-corrected chi connectivity index (χ3v) is 5.90. The molecule has 0 atom stereocenters. The Morgan fingerprint density at radius 2 is 2.05 bits per heavy atom. The summed E-state index contributed by atoms with van der Waals surface area (Å²) in [4.78, 5) is 0.813. The molecule has 0 radical (unpaired) electrons. The average Bonchev–Trinajstić information content (AvgIpc) is 2.72. The monoisotopic (exact) mass is 380 g/mol. The fourth-order valence-corrected chi connectivity index (χ4v) is 4.69. The average molecular weight is 382 g/mol. The Labute approximate surface area is 128 Å². The Morgan fingerprint density at radius 1 is 1.32 bits per heavy atom. The predicted molar refractivity (Wildman–Crippen MR) is 81.9 cm³/mol. The fraction of sp³-hybridized carbons (Fsp3) is 0.0909. The number of thiophene rings is 1. The Balaban J connectivity index is 2.23. The molecule has 2 aromatic rings. The number of nitrogen functional groups attached to an aromatic ring is 1. The van der Waals surface area contributed by atoms with Gasteiger partial charge in [-0.1, -0.05) is 17.7 Å². The molecule has 3 N–H and O–H groups in total. The van der Waals surface area contributed by atoms with Gasteiger partial charge in [-0.3, -0.25) is 0 Å². The van der Waals surface area contributed by atoms with Gasteiger partial charge in [0.25, 0.3) is 0 Å². The molecule has 0 saturated carbocycles. The zero-order valence-corrected chi connectivity index (χ0v) is 13.5. The Hall–Kier alpha value is -0.600. The second-order valence-corrected chi connectivity index (χ2v) is 8.35. The summed E-state index contributed by atoms with van der Waals surface area (Å²) in [6, 6.07) is 8.30. The quantitative estimate of drug-likeness (QED) is 0.799. The van der Waals surface area contributed by atoms with Gasteiger partial charge >= 0.3 is 0 Å². The van der Waals surface area contributed by atoms with Crippen LogP contribution in [0.3, 0.4) is 0 Å². The van der Waals surface area contributed by atoms with Gasteiger partial charge in [0.1, 0.15) is 4.90 Å². The third-order valence-electron chi connectivity index (χ3n) is 2.33. The standard InChI is InChI=1S/C11H10BrClN2O2S2/c12-10-5-4-7(18-10)6-15-19(16,17)11-8(13)2-1-3-9(11)14/h1-5,15H,6,14H2. The largest absolute Gasteiger partial charge is 0.398 e. The summed E-state index contributed by atoms with van der Waals surface area (Å²) < 4.78 is 27.8. The molecule has 8 heteroatoms. The van der Waals surface area contributed by atoms with Crippen LogP contribution in [0.25, 0.3) is 0 Å². The Bertz CT molecular complexity index is 680. The number of rotatable bonds is 4. The topological polar surface area (TPSA) is 72.2 Å². The second-order valence-electron chi connectivity index (χ2n) is 3.69. The van der Waals surface area contributed by atoms with Gasteiger partial charge in [0, 0.05) is 11.4 Å². The van der Waals surface area contributed by atoms with Crippen LogP contribution in [0.15, 0.2) is 39.0 Å². The van der Waals surface area contributed by atoms with Crippen LogP contribution >= 0.6 is 38.9 Å². The number of hydrogen-bond acceptors (Lipinski definition) is 4. The summed E-state index contributed by atoms with van der Waals surface area (Å²) in [6.45, 7) is 0.198. The van der Waals surface area contributed by atoms with Crippen LogP contribution in [0.2, 0.25) is 5.02 Å². The summed E-state index contributed by atoms with van der Waals surface area (Å²) in [7, 11) is -3.73. The predicted octanol–water partition coefficient (Wildman–Crippen LogP) is 3.22. The molecule has 0 saturated heterocycles. The summed E-state index contributed by atoms with van der Waals surface area (Å²) in [6.07, 6.45) is 0. The molecule has 2 rings (SSSR count). The molecule has 0 aliphatic rings. The van der Waals surface area contributed by atoms with Gasteiger partial charge < -0.3 is 5.73 Å². The van der Waals surface area contributed by atoms with E-state index in [0.717, 1.165) is 8.66 Å². The number of hydrogen-bond donors (Lipinski definition) is 2. The van der Waals surface area contributed by atoms with Gasteiger partial charge in [-0.2, -0.15) is 0 Å². The van der Waals surface area contributed by atoms with Crippen molar-refractivity contribution < 1.29 is 8.42 Å². The first-order valence-electron chi connectivity index (χ1n) is 5.18. The van der Waals surface area contributed by atoms with E-state index in [4.69, 9.17) is 17.3 Å². The van der Waals surface area contributed by atoms with Crippen molar-refractivity contribution in [2.75, 3.05) is 5.73 Å². The van der Waals surface area contributed by atoms with Gasteiger partial charge in [0.15, 0.2) is 0 Å². The molecule has 0 aliphatic carbocycles. The number of halogens is 2. The molecular formula is C11H10BrClN2O2S2. The fourth-order valence-electron chi connectivity index (χ4n) is 1.49. The highest BCUT2D eigenvalue weighted by Gasteiger charge is 2.20. The molecule has 0 aliphatic heterocycles. The van der Waals surface area contributed by atoms with E-state index in [2.05, 4.69) is 20.7 Å². The first kappa shape index (κ1) is 14.8. The molecule has 19 heavy (non-hydrogen) atoms. The van der Waals surface area contributed by atoms with E-state index in [1.54, 1.807) is 6.07 Å². The molecule has 0 amide bonds. The third kappa shape index (κ3) is 3.49. The highest BCUT2D eigenvalue weighted by molar-refractivity contribution is 9.11. The van der Waals surface area contributed by atoms with E-state index in [0.29, 0.717) is 0 Å².